The molecule has 0 radical (unpaired) electrons. The number of carbonyl (C=O) groups is 1. The van der Waals surface area contributed by atoms with Crippen LogP contribution in [0.25, 0.3) is 10.9 Å². The molecule has 0 spiro atoms. The maximum absolute atomic E-state index is 14.6. The van der Waals surface area contributed by atoms with Crippen LogP contribution in [0.3, 0.4) is 0 Å². The Balaban J connectivity index is 2.07. The van der Waals surface area contributed by atoms with E-state index < -0.39 is 51.4 Å². The van der Waals surface area contributed by atoms with E-state index in [0.29, 0.717) is 11.3 Å². The van der Waals surface area contributed by atoms with E-state index in [1.54, 1.807) is 11.5 Å². The Bertz CT molecular complexity index is 1410. The highest BCUT2D eigenvalue weighted by atomic mass is 32.2. The summed E-state index contributed by atoms with van der Waals surface area (Å²) < 4.78 is 80.6. The van der Waals surface area contributed by atoms with E-state index in [0.717, 1.165) is 30.5 Å². The molecule has 0 saturated carbocycles. The summed E-state index contributed by atoms with van der Waals surface area (Å²) >= 11 is 0. The van der Waals surface area contributed by atoms with E-state index in [4.69, 9.17) is 0 Å². The van der Waals surface area contributed by atoms with Gasteiger partial charge in [0.1, 0.15) is 5.82 Å². The third-order valence-corrected chi connectivity index (χ3v) is 7.65. The SMILES string of the molecule is CC(c1ccc(C(F)(F)F)cc1)n1c2c(c3cc(F)cc(S(C)(=O)=O)c31)[C@@H](O)CC[C@H]2CC(=O)O. The Labute approximate surface area is 198 Å². The molecule has 2 N–H and O–H groups in total. The lowest BCUT2D eigenvalue weighted by Gasteiger charge is -2.30. The molecule has 0 saturated heterocycles. The van der Waals surface area contributed by atoms with E-state index in [-0.39, 0.29) is 40.6 Å². The zero-order valence-electron chi connectivity index (χ0n) is 18.8. The number of hydrogen-bond acceptors (Lipinski definition) is 4. The van der Waals surface area contributed by atoms with E-state index >= 15 is 0 Å². The van der Waals surface area contributed by atoms with Gasteiger partial charge in [-0.15, -0.1) is 0 Å². The summed E-state index contributed by atoms with van der Waals surface area (Å²) in [7, 11) is -3.98. The second-order valence-electron chi connectivity index (χ2n) is 8.92. The molecular weight excluding hydrogens is 490 g/mol. The lowest BCUT2D eigenvalue weighted by molar-refractivity contribution is -0.138. The molecule has 1 heterocycles. The van der Waals surface area contributed by atoms with Crippen LogP contribution in [-0.4, -0.2) is 35.4 Å². The average molecular weight is 514 g/mol. The molecule has 11 heteroatoms. The lowest BCUT2D eigenvalue weighted by atomic mass is 9.82. The first-order valence-electron chi connectivity index (χ1n) is 10.8. The van der Waals surface area contributed by atoms with Gasteiger partial charge < -0.3 is 14.8 Å². The number of carboxylic acid groups (broad SMARTS) is 1. The van der Waals surface area contributed by atoms with Gasteiger partial charge in [-0.2, -0.15) is 13.2 Å². The van der Waals surface area contributed by atoms with Crippen LogP contribution >= 0.6 is 0 Å². The van der Waals surface area contributed by atoms with Crippen LogP contribution < -0.4 is 0 Å². The Kier molecular flexibility index (Phi) is 6.21. The molecule has 3 aromatic rings. The van der Waals surface area contributed by atoms with Crippen LogP contribution in [0, 0.1) is 5.82 Å². The predicted molar refractivity (Wildman–Crippen MR) is 119 cm³/mol. The lowest BCUT2D eigenvalue weighted by Crippen LogP contribution is -2.22. The summed E-state index contributed by atoms with van der Waals surface area (Å²) in [5.41, 5.74) is 0.230. The van der Waals surface area contributed by atoms with Crippen LogP contribution in [0.15, 0.2) is 41.3 Å². The van der Waals surface area contributed by atoms with Gasteiger partial charge in [0.25, 0.3) is 0 Å². The van der Waals surface area contributed by atoms with Crippen molar-refractivity contribution < 1.29 is 41.0 Å². The number of aliphatic carboxylic acids is 1. The van der Waals surface area contributed by atoms with Gasteiger partial charge in [-0.1, -0.05) is 12.1 Å². The maximum Gasteiger partial charge on any atom is 0.416 e. The number of benzene rings is 2. The summed E-state index contributed by atoms with van der Waals surface area (Å²) in [6, 6.07) is 5.55. The highest BCUT2D eigenvalue weighted by molar-refractivity contribution is 7.91. The average Bonchev–Trinajstić information content (AvgIpc) is 3.09. The van der Waals surface area contributed by atoms with Gasteiger partial charge in [-0.3, -0.25) is 4.79 Å². The fraction of sp³-hybridized carbons (Fsp3) is 0.375. The fourth-order valence-electron chi connectivity index (χ4n) is 5.02. The summed E-state index contributed by atoms with van der Waals surface area (Å²) in [6.07, 6.45) is -4.55. The van der Waals surface area contributed by atoms with E-state index in [1.807, 2.05) is 0 Å². The molecule has 1 unspecified atom stereocenters. The summed E-state index contributed by atoms with van der Waals surface area (Å²) in [6.45, 7) is 1.64. The molecular formula is C24H23F4NO5S. The molecule has 3 atom stereocenters. The van der Waals surface area contributed by atoms with Crippen molar-refractivity contribution in [1.82, 2.24) is 4.57 Å². The van der Waals surface area contributed by atoms with Crippen LogP contribution in [0.5, 0.6) is 0 Å². The molecule has 35 heavy (non-hydrogen) atoms. The van der Waals surface area contributed by atoms with Gasteiger partial charge in [0.15, 0.2) is 9.84 Å². The van der Waals surface area contributed by atoms with Crippen LogP contribution in [-0.2, 0) is 20.8 Å². The number of aromatic nitrogens is 1. The van der Waals surface area contributed by atoms with Crippen molar-refractivity contribution in [2.24, 2.45) is 0 Å². The molecule has 188 valence electrons. The fourth-order valence-corrected chi connectivity index (χ4v) is 5.90. The molecule has 2 aromatic carbocycles. The third-order valence-electron chi connectivity index (χ3n) is 6.54. The molecule has 1 aliphatic rings. The molecule has 0 amide bonds. The number of sulfone groups is 1. The number of halogens is 4. The zero-order valence-corrected chi connectivity index (χ0v) is 19.6. The number of alkyl halides is 3. The minimum absolute atomic E-state index is 0.0858. The van der Waals surface area contributed by atoms with Crippen molar-refractivity contribution in [2.75, 3.05) is 6.26 Å². The van der Waals surface area contributed by atoms with Gasteiger partial charge in [0.2, 0.25) is 0 Å². The van der Waals surface area contributed by atoms with Crippen molar-refractivity contribution in [2.45, 2.75) is 55.3 Å². The van der Waals surface area contributed by atoms with Gasteiger partial charge in [0.05, 0.1) is 34.5 Å². The number of aliphatic hydroxyl groups excluding tert-OH is 1. The first-order valence-corrected chi connectivity index (χ1v) is 12.7. The number of fused-ring (bicyclic) bond motifs is 3. The Morgan fingerprint density at radius 2 is 1.80 bits per heavy atom. The van der Waals surface area contributed by atoms with E-state index in [2.05, 4.69) is 0 Å². The highest BCUT2D eigenvalue weighted by Gasteiger charge is 2.37. The summed E-state index contributed by atoms with van der Waals surface area (Å²) in [5.74, 6) is -2.57. The molecule has 1 aliphatic carbocycles. The monoisotopic (exact) mass is 513 g/mol. The van der Waals surface area contributed by atoms with Crippen molar-refractivity contribution >= 4 is 26.7 Å². The van der Waals surface area contributed by atoms with Crippen molar-refractivity contribution in [1.29, 1.82) is 0 Å². The minimum atomic E-state index is -4.54. The molecule has 0 aliphatic heterocycles. The number of hydrogen-bond donors (Lipinski definition) is 2. The van der Waals surface area contributed by atoms with Crippen LogP contribution in [0.1, 0.15) is 66.6 Å². The van der Waals surface area contributed by atoms with Crippen LogP contribution in [0.2, 0.25) is 0 Å². The first-order chi connectivity index (χ1) is 16.2. The van der Waals surface area contributed by atoms with Crippen LogP contribution in [0.4, 0.5) is 17.6 Å². The smallest absolute Gasteiger partial charge is 0.416 e. The third kappa shape index (κ3) is 4.54. The molecule has 4 rings (SSSR count). The number of aliphatic hydroxyl groups is 1. The maximum atomic E-state index is 14.6. The Morgan fingerprint density at radius 1 is 1.17 bits per heavy atom. The second kappa shape index (κ2) is 8.63. The molecule has 0 fully saturated rings. The van der Waals surface area contributed by atoms with E-state index in [1.165, 1.54) is 12.1 Å². The summed E-state index contributed by atoms with van der Waals surface area (Å²) in [4.78, 5) is 11.3. The van der Waals surface area contributed by atoms with Gasteiger partial charge >= 0.3 is 12.1 Å². The number of carboxylic acids is 1. The Hall–Kier alpha value is -2.92. The normalized spacial score (nSPS) is 19.5. The second-order valence-corrected chi connectivity index (χ2v) is 10.9. The minimum Gasteiger partial charge on any atom is -0.481 e. The molecule has 6 nitrogen and oxygen atoms in total. The molecule has 1 aromatic heterocycles. The topological polar surface area (TPSA) is 96.6 Å². The zero-order chi connectivity index (χ0) is 25.9. The highest BCUT2D eigenvalue weighted by Crippen LogP contribution is 2.48. The van der Waals surface area contributed by atoms with Crippen molar-refractivity contribution in [3.05, 3.63) is 64.6 Å². The van der Waals surface area contributed by atoms with Crippen molar-refractivity contribution in [3.8, 4) is 0 Å². The van der Waals surface area contributed by atoms with Gasteiger partial charge in [-0.05, 0) is 49.6 Å². The standard InChI is InChI=1S/C24H23F4NO5S/c1-12(13-3-6-15(7-4-13)24(26,27)28)29-22-14(9-20(31)32)5-8-18(30)21(22)17-10-16(25)11-19(23(17)29)35(2,33)34/h3-4,6-7,10-12,14,18,30H,5,8-9H2,1-2H3,(H,31,32)/t12?,14-,18-/m0/s1. The largest absolute Gasteiger partial charge is 0.481 e. The van der Waals surface area contributed by atoms with E-state index in [9.17, 15) is 41.0 Å². The Morgan fingerprint density at radius 3 is 2.34 bits per heavy atom. The quantitative estimate of drug-likeness (QED) is 0.458. The van der Waals surface area contributed by atoms with Gasteiger partial charge in [0, 0.05) is 28.8 Å². The first kappa shape index (κ1) is 25.2. The molecule has 0 bridgehead atoms. The predicted octanol–water partition coefficient (Wildman–Crippen LogP) is 5.20. The summed E-state index contributed by atoms with van der Waals surface area (Å²) in [5, 5.41) is 20.4. The number of nitrogens with zero attached hydrogens (tertiary/aromatic N) is 1. The number of rotatable bonds is 5. The van der Waals surface area contributed by atoms with Gasteiger partial charge in [-0.25, -0.2) is 12.8 Å². The van der Waals surface area contributed by atoms with Crippen molar-refractivity contribution in [3.63, 3.8) is 0 Å².